The van der Waals surface area contributed by atoms with Gasteiger partial charge in [-0.05, 0) is 27.7 Å². The maximum absolute atomic E-state index is 10.8. The van der Waals surface area contributed by atoms with Gasteiger partial charge < -0.3 is 0 Å². The zero-order valence-electron chi connectivity index (χ0n) is 7.66. The summed E-state index contributed by atoms with van der Waals surface area (Å²) in [5.41, 5.74) is -0.728. The van der Waals surface area contributed by atoms with Gasteiger partial charge >= 0.3 is 10.4 Å². The van der Waals surface area contributed by atoms with E-state index in [2.05, 4.69) is 8.37 Å². The second-order valence-corrected chi connectivity index (χ2v) is 4.23. The lowest BCUT2D eigenvalue weighted by Gasteiger charge is -2.17. The van der Waals surface area contributed by atoms with Crippen LogP contribution < -0.4 is 0 Å². The Balaban J connectivity index is 0. The Bertz CT molecular complexity index is 204. The predicted molar refractivity (Wildman–Crippen MR) is 43.9 cm³/mol. The minimum Gasteiger partial charge on any atom is -0.269 e. The first kappa shape index (κ1) is 14.3. The molecule has 6 heteroatoms. The van der Waals surface area contributed by atoms with E-state index < -0.39 is 16.0 Å². The van der Waals surface area contributed by atoms with Gasteiger partial charge in [-0.15, -0.1) is 0 Å². The highest BCUT2D eigenvalue weighted by Gasteiger charge is 2.21. The van der Waals surface area contributed by atoms with Crippen LogP contribution in [0.3, 0.4) is 0 Å². The number of hydrogen-bond acceptors (Lipinski definition) is 4. The summed E-state index contributed by atoms with van der Waals surface area (Å²) in [6.45, 7) is 6.61. The molecule has 0 aromatic heterocycles. The average Bonchev–Trinajstić information content (AvgIpc) is 1.55. The van der Waals surface area contributed by atoms with Gasteiger partial charge in [-0.1, -0.05) is 0 Å². The molecule has 0 aliphatic carbocycles. The topological polar surface area (TPSA) is 52.6 Å². The molecule has 0 spiro atoms. The zero-order valence-corrected chi connectivity index (χ0v) is 8.47. The van der Waals surface area contributed by atoms with Crippen LogP contribution in [-0.4, -0.2) is 20.6 Å². The molecule has 0 aliphatic heterocycles. The van der Waals surface area contributed by atoms with Crippen molar-refractivity contribution in [1.82, 2.24) is 0 Å². The van der Waals surface area contributed by atoms with Crippen molar-refractivity contribution in [1.29, 1.82) is 0 Å². The standard InChI is InChI=1S/C6H14O4S.FH/c1-5-9-11(7,8)10-6(2,3)4;/h5H2,1-4H3;1H. The fourth-order valence-electron chi connectivity index (χ4n) is 0.475. The summed E-state index contributed by atoms with van der Waals surface area (Å²) >= 11 is 0. The third kappa shape index (κ3) is 7.90. The molecule has 0 radical (unpaired) electrons. The van der Waals surface area contributed by atoms with Crippen LogP contribution in [0.4, 0.5) is 4.70 Å². The molecule has 0 aliphatic rings. The molecule has 76 valence electrons. The molecule has 0 amide bonds. The first-order chi connectivity index (χ1) is 4.77. The van der Waals surface area contributed by atoms with Crippen LogP contribution in [0.25, 0.3) is 0 Å². The summed E-state index contributed by atoms with van der Waals surface area (Å²) in [4.78, 5) is 0. The molecule has 0 fully saturated rings. The Morgan fingerprint density at radius 1 is 1.25 bits per heavy atom. The Morgan fingerprint density at radius 2 is 1.67 bits per heavy atom. The summed E-state index contributed by atoms with van der Waals surface area (Å²) in [7, 11) is -3.79. The largest absolute Gasteiger partial charge is 0.400 e. The monoisotopic (exact) mass is 202 g/mol. The minimum atomic E-state index is -3.79. The minimum absolute atomic E-state index is 0. The molecule has 0 aromatic carbocycles. The first-order valence-corrected chi connectivity index (χ1v) is 4.70. The van der Waals surface area contributed by atoms with Crippen molar-refractivity contribution in [3.63, 3.8) is 0 Å². The molecule has 12 heavy (non-hydrogen) atoms. The van der Waals surface area contributed by atoms with Crippen LogP contribution in [0.15, 0.2) is 0 Å². The lowest BCUT2D eigenvalue weighted by atomic mass is 10.2. The molecule has 0 atom stereocenters. The molecule has 4 nitrogen and oxygen atoms in total. The van der Waals surface area contributed by atoms with Crippen LogP contribution in [0.1, 0.15) is 27.7 Å². The Morgan fingerprint density at radius 3 is 1.92 bits per heavy atom. The van der Waals surface area contributed by atoms with Crippen molar-refractivity contribution in [2.24, 2.45) is 0 Å². The molecule has 0 unspecified atom stereocenters. The molecule has 0 aromatic rings. The predicted octanol–water partition coefficient (Wildman–Crippen LogP) is 1.24. The van der Waals surface area contributed by atoms with Crippen molar-refractivity contribution in [2.75, 3.05) is 6.61 Å². The Labute approximate surface area is 72.6 Å². The second-order valence-electron chi connectivity index (χ2n) is 3.01. The third-order valence-electron chi connectivity index (χ3n) is 0.614. The molecule has 0 N–H and O–H groups in total. The van der Waals surface area contributed by atoms with Gasteiger partial charge in [0.05, 0.1) is 12.2 Å². The van der Waals surface area contributed by atoms with Gasteiger partial charge in [0.25, 0.3) is 0 Å². The lowest BCUT2D eigenvalue weighted by Crippen LogP contribution is -2.25. The van der Waals surface area contributed by atoms with Crippen molar-refractivity contribution in [3.8, 4) is 0 Å². The Hall–Kier alpha value is -0.200. The van der Waals surface area contributed by atoms with E-state index in [1.54, 1.807) is 27.7 Å². The van der Waals surface area contributed by atoms with Crippen molar-refractivity contribution in [2.45, 2.75) is 33.3 Å². The third-order valence-corrected chi connectivity index (χ3v) is 1.84. The van der Waals surface area contributed by atoms with Crippen molar-refractivity contribution in [3.05, 3.63) is 0 Å². The summed E-state index contributed by atoms with van der Waals surface area (Å²) in [6, 6.07) is 0. The molecule has 0 bridgehead atoms. The Kier molecular flexibility index (Phi) is 5.66. The highest BCUT2D eigenvalue weighted by molar-refractivity contribution is 7.81. The maximum Gasteiger partial charge on any atom is 0.400 e. The van der Waals surface area contributed by atoms with Crippen LogP contribution in [0.2, 0.25) is 0 Å². The number of hydrogen-bond donors (Lipinski definition) is 0. The second kappa shape index (κ2) is 4.74. The first-order valence-electron chi connectivity index (χ1n) is 3.37. The average molecular weight is 202 g/mol. The van der Waals surface area contributed by atoms with E-state index in [0.29, 0.717) is 0 Å². The van der Waals surface area contributed by atoms with E-state index in [0.717, 1.165) is 0 Å². The summed E-state index contributed by atoms with van der Waals surface area (Å²) in [5, 5.41) is 0. The molecule has 0 heterocycles. The fraction of sp³-hybridized carbons (Fsp3) is 1.00. The van der Waals surface area contributed by atoms with Gasteiger partial charge in [0.2, 0.25) is 0 Å². The van der Waals surface area contributed by atoms with Gasteiger partial charge in [-0.3, -0.25) is 4.70 Å². The summed E-state index contributed by atoms with van der Waals surface area (Å²) < 4.78 is 30.6. The normalized spacial score (nSPS) is 12.3. The van der Waals surface area contributed by atoms with E-state index in [1.807, 2.05) is 0 Å². The van der Waals surface area contributed by atoms with E-state index in [-0.39, 0.29) is 11.3 Å². The fourth-order valence-corrected chi connectivity index (χ4v) is 1.42. The maximum atomic E-state index is 10.8. The summed E-state index contributed by atoms with van der Waals surface area (Å²) in [5.74, 6) is 0. The van der Waals surface area contributed by atoms with E-state index >= 15 is 0 Å². The zero-order chi connectivity index (χ0) is 9.12. The summed E-state index contributed by atoms with van der Waals surface area (Å²) in [6.07, 6.45) is 0. The van der Waals surface area contributed by atoms with Gasteiger partial charge in [-0.25, -0.2) is 8.37 Å². The highest BCUT2D eigenvalue weighted by Crippen LogP contribution is 2.12. The van der Waals surface area contributed by atoms with Crippen molar-refractivity contribution < 1.29 is 21.5 Å². The van der Waals surface area contributed by atoms with Crippen LogP contribution >= 0.6 is 0 Å². The SMILES string of the molecule is CCOS(=O)(=O)OC(C)(C)C.F. The van der Waals surface area contributed by atoms with E-state index in [1.165, 1.54) is 0 Å². The van der Waals surface area contributed by atoms with Crippen LogP contribution in [0.5, 0.6) is 0 Å². The van der Waals surface area contributed by atoms with Gasteiger partial charge in [-0.2, -0.15) is 8.42 Å². The smallest absolute Gasteiger partial charge is 0.269 e. The molecule has 0 saturated heterocycles. The van der Waals surface area contributed by atoms with Gasteiger partial charge in [0, 0.05) is 0 Å². The number of halogens is 1. The molecular formula is C6H15FO4S. The number of rotatable bonds is 3. The van der Waals surface area contributed by atoms with Crippen LogP contribution in [-0.2, 0) is 18.8 Å². The highest BCUT2D eigenvalue weighted by atomic mass is 32.3. The van der Waals surface area contributed by atoms with Gasteiger partial charge in [0.15, 0.2) is 0 Å². The van der Waals surface area contributed by atoms with Gasteiger partial charge in [0.1, 0.15) is 0 Å². The van der Waals surface area contributed by atoms with E-state index in [4.69, 9.17) is 0 Å². The molecular weight excluding hydrogens is 187 g/mol. The quantitative estimate of drug-likeness (QED) is 0.690. The van der Waals surface area contributed by atoms with Crippen molar-refractivity contribution >= 4 is 10.4 Å². The lowest BCUT2D eigenvalue weighted by molar-refractivity contribution is 0.105. The van der Waals surface area contributed by atoms with Crippen LogP contribution in [0, 0.1) is 0 Å². The molecule has 0 rings (SSSR count). The molecule has 0 saturated carbocycles. The van der Waals surface area contributed by atoms with E-state index in [9.17, 15) is 8.42 Å².